The SMILES string of the molecule is O=C(NCc1cccs1)c1cc(Cl)cc(Cl)c1. The summed E-state index contributed by atoms with van der Waals surface area (Å²) < 4.78 is 0. The third-order valence-electron chi connectivity index (χ3n) is 2.13. The van der Waals surface area contributed by atoms with Gasteiger partial charge in [0.2, 0.25) is 0 Å². The van der Waals surface area contributed by atoms with Crippen molar-refractivity contribution in [2.45, 2.75) is 6.54 Å². The fourth-order valence-electron chi connectivity index (χ4n) is 1.37. The molecule has 0 aliphatic carbocycles. The van der Waals surface area contributed by atoms with Gasteiger partial charge in [0.25, 0.3) is 5.91 Å². The molecule has 0 spiro atoms. The molecule has 0 saturated heterocycles. The van der Waals surface area contributed by atoms with Crippen molar-refractivity contribution in [3.8, 4) is 0 Å². The van der Waals surface area contributed by atoms with E-state index in [1.165, 1.54) is 0 Å². The van der Waals surface area contributed by atoms with E-state index in [0.717, 1.165) is 4.88 Å². The van der Waals surface area contributed by atoms with E-state index in [9.17, 15) is 4.79 Å². The smallest absolute Gasteiger partial charge is 0.251 e. The number of hydrogen-bond acceptors (Lipinski definition) is 2. The summed E-state index contributed by atoms with van der Waals surface area (Å²) in [5, 5.41) is 5.69. The van der Waals surface area contributed by atoms with Crippen molar-refractivity contribution in [1.29, 1.82) is 0 Å². The molecule has 0 bridgehead atoms. The lowest BCUT2D eigenvalue weighted by Crippen LogP contribution is -2.22. The first kappa shape index (κ1) is 12.4. The highest BCUT2D eigenvalue weighted by Crippen LogP contribution is 2.19. The van der Waals surface area contributed by atoms with Gasteiger partial charge < -0.3 is 5.32 Å². The van der Waals surface area contributed by atoms with Crippen LogP contribution < -0.4 is 5.32 Å². The van der Waals surface area contributed by atoms with Crippen LogP contribution in [0, 0.1) is 0 Å². The fraction of sp³-hybridized carbons (Fsp3) is 0.0833. The van der Waals surface area contributed by atoms with Gasteiger partial charge in [-0.2, -0.15) is 0 Å². The van der Waals surface area contributed by atoms with Gasteiger partial charge in [0, 0.05) is 20.5 Å². The molecule has 0 aliphatic rings. The molecular formula is C12H9Cl2NOS. The monoisotopic (exact) mass is 285 g/mol. The second-order valence-electron chi connectivity index (χ2n) is 3.42. The van der Waals surface area contributed by atoms with Crippen molar-refractivity contribution in [3.05, 3.63) is 56.2 Å². The number of carbonyl (C=O) groups is 1. The van der Waals surface area contributed by atoms with Crippen LogP contribution in [0.2, 0.25) is 10.0 Å². The van der Waals surface area contributed by atoms with Crippen LogP contribution in [-0.4, -0.2) is 5.91 Å². The molecule has 1 aromatic heterocycles. The van der Waals surface area contributed by atoms with Crippen molar-refractivity contribution in [1.82, 2.24) is 5.32 Å². The zero-order chi connectivity index (χ0) is 12.3. The van der Waals surface area contributed by atoms with E-state index >= 15 is 0 Å². The Morgan fingerprint density at radius 2 is 1.94 bits per heavy atom. The lowest BCUT2D eigenvalue weighted by molar-refractivity contribution is 0.0951. The Kier molecular flexibility index (Phi) is 4.05. The van der Waals surface area contributed by atoms with Gasteiger partial charge in [-0.05, 0) is 29.6 Å². The Bertz CT molecular complexity index is 505. The Labute approximate surface area is 113 Å². The summed E-state index contributed by atoms with van der Waals surface area (Å²) >= 11 is 13.3. The molecule has 2 rings (SSSR count). The van der Waals surface area contributed by atoms with Gasteiger partial charge in [0.1, 0.15) is 0 Å². The first-order valence-corrected chi connectivity index (χ1v) is 6.55. The van der Waals surface area contributed by atoms with E-state index in [1.807, 2.05) is 17.5 Å². The molecule has 0 radical (unpaired) electrons. The van der Waals surface area contributed by atoms with E-state index in [4.69, 9.17) is 23.2 Å². The molecule has 17 heavy (non-hydrogen) atoms. The Morgan fingerprint density at radius 3 is 2.53 bits per heavy atom. The average Bonchev–Trinajstić information content (AvgIpc) is 2.77. The normalized spacial score (nSPS) is 10.2. The molecular weight excluding hydrogens is 277 g/mol. The van der Waals surface area contributed by atoms with Gasteiger partial charge in [-0.15, -0.1) is 11.3 Å². The quantitative estimate of drug-likeness (QED) is 0.908. The second-order valence-corrected chi connectivity index (χ2v) is 5.33. The Hall–Kier alpha value is -1.03. The fourth-order valence-corrected chi connectivity index (χ4v) is 2.54. The number of nitrogens with one attached hydrogen (secondary N) is 1. The van der Waals surface area contributed by atoms with Crippen LogP contribution >= 0.6 is 34.5 Å². The highest BCUT2D eigenvalue weighted by molar-refractivity contribution is 7.09. The van der Waals surface area contributed by atoms with E-state index in [1.54, 1.807) is 29.5 Å². The maximum atomic E-state index is 11.8. The second kappa shape index (κ2) is 5.54. The zero-order valence-electron chi connectivity index (χ0n) is 8.74. The van der Waals surface area contributed by atoms with Crippen molar-refractivity contribution in [3.63, 3.8) is 0 Å². The molecule has 88 valence electrons. The molecule has 1 N–H and O–H groups in total. The molecule has 0 saturated carbocycles. The highest BCUT2D eigenvalue weighted by Gasteiger charge is 2.07. The maximum absolute atomic E-state index is 11.8. The molecule has 2 aromatic rings. The molecule has 0 aliphatic heterocycles. The van der Waals surface area contributed by atoms with E-state index in [2.05, 4.69) is 5.32 Å². The van der Waals surface area contributed by atoms with Crippen LogP contribution in [0.25, 0.3) is 0 Å². The molecule has 2 nitrogen and oxygen atoms in total. The summed E-state index contributed by atoms with van der Waals surface area (Å²) in [6, 6.07) is 8.70. The number of carbonyl (C=O) groups excluding carboxylic acids is 1. The molecule has 5 heteroatoms. The Balaban J connectivity index is 2.04. The third-order valence-corrected chi connectivity index (χ3v) is 3.44. The van der Waals surface area contributed by atoms with Gasteiger partial charge in [-0.3, -0.25) is 4.79 Å². The molecule has 0 unspecified atom stereocenters. The lowest BCUT2D eigenvalue weighted by atomic mass is 10.2. The first-order chi connectivity index (χ1) is 8.15. The maximum Gasteiger partial charge on any atom is 0.251 e. The predicted molar refractivity (Wildman–Crippen MR) is 72.0 cm³/mol. The largest absolute Gasteiger partial charge is 0.347 e. The Morgan fingerprint density at radius 1 is 1.24 bits per heavy atom. The summed E-state index contributed by atoms with van der Waals surface area (Å²) in [7, 11) is 0. The summed E-state index contributed by atoms with van der Waals surface area (Å²) in [5.74, 6) is -0.178. The third kappa shape index (κ3) is 3.46. The van der Waals surface area contributed by atoms with Gasteiger partial charge in [0.05, 0.1) is 6.54 Å². The van der Waals surface area contributed by atoms with Crippen LogP contribution in [-0.2, 0) is 6.54 Å². The summed E-state index contributed by atoms with van der Waals surface area (Å²) in [4.78, 5) is 12.9. The summed E-state index contributed by atoms with van der Waals surface area (Å²) in [6.07, 6.45) is 0. The van der Waals surface area contributed by atoms with Gasteiger partial charge in [0.15, 0.2) is 0 Å². The van der Waals surface area contributed by atoms with Crippen LogP contribution in [0.5, 0.6) is 0 Å². The van der Waals surface area contributed by atoms with E-state index in [-0.39, 0.29) is 5.91 Å². The molecule has 1 amide bonds. The van der Waals surface area contributed by atoms with Crippen molar-refractivity contribution in [2.24, 2.45) is 0 Å². The zero-order valence-corrected chi connectivity index (χ0v) is 11.1. The number of halogens is 2. The standard InChI is InChI=1S/C12H9Cl2NOS/c13-9-4-8(5-10(14)6-9)12(16)15-7-11-2-1-3-17-11/h1-6H,7H2,(H,15,16). The van der Waals surface area contributed by atoms with Crippen LogP contribution in [0.3, 0.4) is 0 Å². The number of thiophene rings is 1. The number of amides is 1. The number of benzene rings is 1. The van der Waals surface area contributed by atoms with Gasteiger partial charge in [-0.1, -0.05) is 29.3 Å². The van der Waals surface area contributed by atoms with Crippen molar-refractivity contribution >= 4 is 40.4 Å². The minimum absolute atomic E-state index is 0.178. The molecule has 1 heterocycles. The van der Waals surface area contributed by atoms with E-state index < -0.39 is 0 Å². The predicted octanol–water partition coefficient (Wildman–Crippen LogP) is 3.98. The van der Waals surface area contributed by atoms with Gasteiger partial charge >= 0.3 is 0 Å². The molecule has 0 fully saturated rings. The topological polar surface area (TPSA) is 29.1 Å². The van der Waals surface area contributed by atoms with Crippen molar-refractivity contribution < 1.29 is 4.79 Å². The number of hydrogen-bond donors (Lipinski definition) is 1. The number of rotatable bonds is 3. The van der Waals surface area contributed by atoms with Crippen LogP contribution in [0.15, 0.2) is 35.7 Å². The molecule has 0 atom stereocenters. The van der Waals surface area contributed by atoms with Crippen LogP contribution in [0.4, 0.5) is 0 Å². The molecule has 1 aromatic carbocycles. The summed E-state index contributed by atoms with van der Waals surface area (Å²) in [6.45, 7) is 0.515. The summed E-state index contributed by atoms with van der Waals surface area (Å²) in [5.41, 5.74) is 0.471. The van der Waals surface area contributed by atoms with E-state index in [0.29, 0.717) is 22.2 Å². The average molecular weight is 286 g/mol. The first-order valence-electron chi connectivity index (χ1n) is 4.92. The minimum atomic E-state index is -0.178. The van der Waals surface area contributed by atoms with Gasteiger partial charge in [-0.25, -0.2) is 0 Å². The van der Waals surface area contributed by atoms with Crippen molar-refractivity contribution in [2.75, 3.05) is 0 Å². The minimum Gasteiger partial charge on any atom is -0.347 e. The highest BCUT2D eigenvalue weighted by atomic mass is 35.5. The lowest BCUT2D eigenvalue weighted by Gasteiger charge is -2.04. The van der Waals surface area contributed by atoms with Crippen LogP contribution in [0.1, 0.15) is 15.2 Å².